The molecule has 0 aliphatic rings. The molecule has 0 fully saturated rings. The molecule has 1 aromatic carbocycles. The Labute approximate surface area is 116 Å². The summed E-state index contributed by atoms with van der Waals surface area (Å²) in [7, 11) is 0. The van der Waals surface area contributed by atoms with Crippen molar-refractivity contribution in [3.05, 3.63) is 36.7 Å². The fourth-order valence-corrected chi connectivity index (χ4v) is 2.42. The summed E-state index contributed by atoms with van der Waals surface area (Å²) in [5.74, 6) is -0.0400. The lowest BCUT2D eigenvalue weighted by atomic mass is 10.3. The van der Waals surface area contributed by atoms with E-state index >= 15 is 0 Å². The number of carbonyl (C=O) groups excluding carboxylic acids is 1. The van der Waals surface area contributed by atoms with E-state index in [-0.39, 0.29) is 11.2 Å². The van der Waals surface area contributed by atoms with Crippen molar-refractivity contribution in [3.63, 3.8) is 0 Å². The molecule has 2 rings (SSSR count). The van der Waals surface area contributed by atoms with E-state index in [9.17, 15) is 4.79 Å². The fourth-order valence-electron chi connectivity index (χ4n) is 1.53. The summed E-state index contributed by atoms with van der Waals surface area (Å²) in [6.07, 6.45) is 1.67. The summed E-state index contributed by atoms with van der Waals surface area (Å²) in [5, 5.41) is 11.3. The number of rotatable bonds is 5. The third kappa shape index (κ3) is 3.57. The molecular formula is C13H16N4OS. The molecule has 0 spiro atoms. The van der Waals surface area contributed by atoms with Crippen LogP contribution in [-0.4, -0.2) is 25.9 Å². The van der Waals surface area contributed by atoms with Crippen LogP contribution < -0.4 is 5.32 Å². The predicted octanol–water partition coefficient (Wildman–Crippen LogP) is 2.42. The van der Waals surface area contributed by atoms with Crippen molar-refractivity contribution in [3.8, 4) is 0 Å². The topological polar surface area (TPSA) is 59.8 Å². The van der Waals surface area contributed by atoms with Crippen molar-refractivity contribution in [1.29, 1.82) is 0 Å². The van der Waals surface area contributed by atoms with E-state index in [2.05, 4.69) is 15.5 Å². The Hall–Kier alpha value is -1.82. The number of aromatic nitrogens is 3. The highest BCUT2D eigenvalue weighted by atomic mass is 32.2. The van der Waals surface area contributed by atoms with Gasteiger partial charge in [-0.2, -0.15) is 0 Å². The zero-order valence-corrected chi connectivity index (χ0v) is 11.7. The first kappa shape index (κ1) is 13.6. The first-order valence-corrected chi connectivity index (χ1v) is 6.99. The van der Waals surface area contributed by atoms with E-state index in [1.807, 2.05) is 48.7 Å². The van der Waals surface area contributed by atoms with Crippen LogP contribution in [0, 0.1) is 0 Å². The lowest BCUT2D eigenvalue weighted by Gasteiger charge is -2.11. The van der Waals surface area contributed by atoms with Crippen molar-refractivity contribution in [2.24, 2.45) is 0 Å². The van der Waals surface area contributed by atoms with E-state index in [4.69, 9.17) is 0 Å². The summed E-state index contributed by atoms with van der Waals surface area (Å²) in [5.41, 5.74) is 0.803. The van der Waals surface area contributed by atoms with Crippen LogP contribution in [0.2, 0.25) is 0 Å². The van der Waals surface area contributed by atoms with Crippen molar-refractivity contribution >= 4 is 23.4 Å². The number of amides is 1. The maximum atomic E-state index is 12.0. The van der Waals surface area contributed by atoms with Crippen molar-refractivity contribution in [1.82, 2.24) is 14.8 Å². The molecule has 0 unspecified atom stereocenters. The average molecular weight is 276 g/mol. The molecule has 19 heavy (non-hydrogen) atoms. The molecule has 1 N–H and O–H groups in total. The first-order valence-electron chi connectivity index (χ1n) is 6.11. The van der Waals surface area contributed by atoms with Crippen LogP contribution in [0.15, 0.2) is 41.8 Å². The normalized spacial score (nSPS) is 12.1. The Morgan fingerprint density at radius 3 is 2.84 bits per heavy atom. The summed E-state index contributed by atoms with van der Waals surface area (Å²) >= 11 is 1.41. The summed E-state index contributed by atoms with van der Waals surface area (Å²) in [4.78, 5) is 12.0. The minimum Gasteiger partial charge on any atom is -0.325 e. The van der Waals surface area contributed by atoms with Crippen LogP contribution in [0.5, 0.6) is 0 Å². The Kier molecular flexibility index (Phi) is 4.57. The molecular weight excluding hydrogens is 260 g/mol. The van der Waals surface area contributed by atoms with Gasteiger partial charge in [0.05, 0.1) is 5.25 Å². The molecule has 0 saturated heterocycles. The van der Waals surface area contributed by atoms with Gasteiger partial charge in [0, 0.05) is 12.2 Å². The second kappa shape index (κ2) is 6.38. The first-order chi connectivity index (χ1) is 9.20. The van der Waals surface area contributed by atoms with Gasteiger partial charge < -0.3 is 9.88 Å². The highest BCUT2D eigenvalue weighted by Gasteiger charge is 2.17. The van der Waals surface area contributed by atoms with Crippen LogP contribution in [0.4, 0.5) is 5.69 Å². The molecule has 0 aliphatic carbocycles. The number of nitrogens with zero attached hydrogens (tertiary/aromatic N) is 3. The number of aryl methyl sites for hydroxylation is 1. The lowest BCUT2D eigenvalue weighted by Crippen LogP contribution is -2.22. The molecule has 6 heteroatoms. The van der Waals surface area contributed by atoms with Crippen LogP contribution >= 0.6 is 11.8 Å². The fraction of sp³-hybridized carbons (Fsp3) is 0.308. The number of hydrogen-bond donors (Lipinski definition) is 1. The third-order valence-electron chi connectivity index (χ3n) is 2.61. The van der Waals surface area contributed by atoms with Gasteiger partial charge in [-0.1, -0.05) is 30.0 Å². The molecule has 0 saturated carbocycles. The minimum absolute atomic E-state index is 0.0400. The van der Waals surface area contributed by atoms with Gasteiger partial charge in [0.1, 0.15) is 6.33 Å². The third-order valence-corrected chi connectivity index (χ3v) is 3.71. The number of benzene rings is 1. The highest BCUT2D eigenvalue weighted by Crippen LogP contribution is 2.21. The maximum Gasteiger partial charge on any atom is 0.237 e. The van der Waals surface area contributed by atoms with Crippen LogP contribution in [-0.2, 0) is 11.3 Å². The van der Waals surface area contributed by atoms with Gasteiger partial charge in [-0.3, -0.25) is 4.79 Å². The zero-order valence-electron chi connectivity index (χ0n) is 10.9. The molecule has 100 valence electrons. The van der Waals surface area contributed by atoms with Crippen molar-refractivity contribution < 1.29 is 4.79 Å². The van der Waals surface area contributed by atoms with E-state index in [0.717, 1.165) is 17.4 Å². The molecule has 0 bridgehead atoms. The highest BCUT2D eigenvalue weighted by molar-refractivity contribution is 8.00. The van der Waals surface area contributed by atoms with Crippen molar-refractivity contribution in [2.75, 3.05) is 5.32 Å². The number of para-hydroxylation sites is 1. The van der Waals surface area contributed by atoms with Gasteiger partial charge in [-0.25, -0.2) is 0 Å². The Bertz CT molecular complexity index is 541. The Morgan fingerprint density at radius 1 is 1.42 bits per heavy atom. The lowest BCUT2D eigenvalue weighted by molar-refractivity contribution is -0.115. The van der Waals surface area contributed by atoms with E-state index in [1.54, 1.807) is 6.33 Å². The van der Waals surface area contributed by atoms with Gasteiger partial charge >= 0.3 is 0 Å². The Morgan fingerprint density at radius 2 is 2.16 bits per heavy atom. The van der Waals surface area contributed by atoms with E-state index < -0.39 is 0 Å². The van der Waals surface area contributed by atoms with Crippen LogP contribution in [0.25, 0.3) is 0 Å². The summed E-state index contributed by atoms with van der Waals surface area (Å²) in [6.45, 7) is 4.67. The average Bonchev–Trinajstić information content (AvgIpc) is 2.87. The number of carbonyl (C=O) groups is 1. The van der Waals surface area contributed by atoms with Crippen LogP contribution in [0.1, 0.15) is 13.8 Å². The van der Waals surface area contributed by atoms with Gasteiger partial charge in [0.25, 0.3) is 0 Å². The molecule has 1 heterocycles. The molecule has 1 amide bonds. The predicted molar refractivity (Wildman–Crippen MR) is 76.1 cm³/mol. The monoisotopic (exact) mass is 276 g/mol. The van der Waals surface area contributed by atoms with Gasteiger partial charge in [0.2, 0.25) is 5.91 Å². The number of thioether (sulfide) groups is 1. The summed E-state index contributed by atoms with van der Waals surface area (Å²) in [6, 6.07) is 9.42. The largest absolute Gasteiger partial charge is 0.325 e. The minimum atomic E-state index is -0.227. The van der Waals surface area contributed by atoms with Crippen LogP contribution in [0.3, 0.4) is 0 Å². The van der Waals surface area contributed by atoms with E-state index in [1.165, 1.54) is 11.8 Å². The molecule has 1 aromatic heterocycles. The summed E-state index contributed by atoms with van der Waals surface area (Å²) < 4.78 is 1.91. The molecule has 1 atom stereocenters. The zero-order chi connectivity index (χ0) is 13.7. The quantitative estimate of drug-likeness (QED) is 0.852. The molecule has 0 aliphatic heterocycles. The number of nitrogens with one attached hydrogen (secondary N) is 1. The maximum absolute atomic E-state index is 12.0. The smallest absolute Gasteiger partial charge is 0.237 e. The standard InChI is InChI=1S/C13H16N4OS/c1-3-17-9-14-16-13(17)19-10(2)12(18)15-11-7-5-4-6-8-11/h4-10H,3H2,1-2H3,(H,15,18)/t10-/m0/s1. The number of hydrogen-bond acceptors (Lipinski definition) is 4. The number of anilines is 1. The van der Waals surface area contributed by atoms with E-state index in [0.29, 0.717) is 0 Å². The molecule has 2 aromatic rings. The van der Waals surface area contributed by atoms with Gasteiger partial charge in [-0.05, 0) is 26.0 Å². The SMILES string of the molecule is CCn1cnnc1S[C@@H](C)C(=O)Nc1ccccc1. The second-order valence-electron chi connectivity index (χ2n) is 4.01. The van der Waals surface area contributed by atoms with Gasteiger partial charge in [-0.15, -0.1) is 10.2 Å². The molecule has 5 nitrogen and oxygen atoms in total. The molecule has 0 radical (unpaired) electrons. The van der Waals surface area contributed by atoms with Gasteiger partial charge in [0.15, 0.2) is 5.16 Å². The second-order valence-corrected chi connectivity index (χ2v) is 5.32. The van der Waals surface area contributed by atoms with Crippen molar-refractivity contribution in [2.45, 2.75) is 30.8 Å². The Balaban J connectivity index is 1.96.